The van der Waals surface area contributed by atoms with Crippen LogP contribution in [0.3, 0.4) is 0 Å². The second kappa shape index (κ2) is 4.43. The Balaban J connectivity index is 2.29. The van der Waals surface area contributed by atoms with Crippen LogP contribution >= 0.6 is 0 Å². The highest BCUT2D eigenvalue weighted by Gasteiger charge is 2.21. The molecule has 1 aliphatic rings. The number of hydrogen-bond acceptors (Lipinski definition) is 4. The van der Waals surface area contributed by atoms with Gasteiger partial charge in [-0.15, -0.1) is 0 Å². The van der Waals surface area contributed by atoms with Gasteiger partial charge in [0.15, 0.2) is 11.5 Å². The smallest absolute Gasteiger partial charge is 0.163 e. The number of benzene rings is 1. The Morgan fingerprint density at radius 1 is 1.32 bits per heavy atom. The molecule has 1 atom stereocenters. The Morgan fingerprint density at radius 2 is 1.95 bits per heavy atom. The molecule has 3 rings (SSSR count). The van der Waals surface area contributed by atoms with E-state index < -0.39 is 6.10 Å². The number of aromatic nitrogens is 1. The van der Waals surface area contributed by atoms with Gasteiger partial charge in [0.2, 0.25) is 0 Å². The van der Waals surface area contributed by atoms with Gasteiger partial charge in [0, 0.05) is 36.3 Å². The average molecular weight is 262 g/mol. The molecular formula is C14H18N2O3. The molecule has 5 nitrogen and oxygen atoms in total. The zero-order chi connectivity index (χ0) is 13.6. The van der Waals surface area contributed by atoms with Gasteiger partial charge in [0.1, 0.15) is 13.2 Å². The lowest BCUT2D eigenvalue weighted by Gasteiger charge is -2.18. The molecule has 3 N–H and O–H groups in total. The Labute approximate surface area is 111 Å². The van der Waals surface area contributed by atoms with Crippen molar-refractivity contribution in [3.05, 3.63) is 23.4 Å². The molecule has 1 aromatic heterocycles. The van der Waals surface area contributed by atoms with E-state index in [-0.39, 0.29) is 6.54 Å². The minimum absolute atomic E-state index is 0.203. The Hall–Kier alpha value is -1.72. The van der Waals surface area contributed by atoms with Crippen LogP contribution in [-0.4, -0.2) is 29.4 Å². The first-order valence-corrected chi connectivity index (χ1v) is 6.40. The van der Waals surface area contributed by atoms with Crippen LogP contribution in [-0.2, 0) is 7.05 Å². The number of hydrogen-bond donors (Lipinski definition) is 2. The summed E-state index contributed by atoms with van der Waals surface area (Å²) in [5, 5.41) is 11.1. The average Bonchev–Trinajstić information content (AvgIpc) is 2.68. The lowest BCUT2D eigenvalue weighted by molar-refractivity contribution is 0.172. The first-order valence-electron chi connectivity index (χ1n) is 6.40. The molecule has 19 heavy (non-hydrogen) atoms. The van der Waals surface area contributed by atoms with Gasteiger partial charge in [-0.1, -0.05) is 0 Å². The summed E-state index contributed by atoms with van der Waals surface area (Å²) in [5.74, 6) is 1.49. The van der Waals surface area contributed by atoms with E-state index in [0.717, 1.165) is 33.7 Å². The van der Waals surface area contributed by atoms with Crippen molar-refractivity contribution in [3.8, 4) is 11.5 Å². The number of nitrogens with zero attached hydrogens (tertiary/aromatic N) is 1. The van der Waals surface area contributed by atoms with E-state index in [0.29, 0.717) is 13.2 Å². The summed E-state index contributed by atoms with van der Waals surface area (Å²) in [4.78, 5) is 0. The molecule has 0 saturated carbocycles. The van der Waals surface area contributed by atoms with Gasteiger partial charge in [0.25, 0.3) is 0 Å². The number of fused-ring (bicyclic) bond motifs is 2. The molecule has 0 radical (unpaired) electrons. The highest BCUT2D eigenvalue weighted by atomic mass is 16.6. The number of ether oxygens (including phenoxy) is 2. The van der Waals surface area contributed by atoms with E-state index in [2.05, 4.69) is 0 Å². The standard InChI is InChI=1S/C14H18N2O3/c1-8-14(11(17)7-15)9-5-12-13(19-4-3-18-12)6-10(9)16(8)2/h5-6,11,17H,3-4,7,15H2,1-2H3. The largest absolute Gasteiger partial charge is 0.486 e. The van der Waals surface area contributed by atoms with Crippen molar-refractivity contribution in [2.75, 3.05) is 19.8 Å². The predicted octanol–water partition coefficient (Wildman–Crippen LogP) is 1.25. The van der Waals surface area contributed by atoms with Crippen molar-refractivity contribution in [1.29, 1.82) is 0 Å². The van der Waals surface area contributed by atoms with Crippen LogP contribution in [0.25, 0.3) is 10.9 Å². The molecular weight excluding hydrogens is 244 g/mol. The van der Waals surface area contributed by atoms with Crippen LogP contribution in [0.1, 0.15) is 17.4 Å². The fourth-order valence-corrected chi connectivity index (χ4v) is 2.67. The topological polar surface area (TPSA) is 69.6 Å². The molecule has 0 spiro atoms. The minimum atomic E-state index is -0.661. The minimum Gasteiger partial charge on any atom is -0.486 e. The van der Waals surface area contributed by atoms with Gasteiger partial charge in [-0.05, 0) is 13.0 Å². The third-order valence-corrected chi connectivity index (χ3v) is 3.76. The quantitative estimate of drug-likeness (QED) is 0.854. The summed E-state index contributed by atoms with van der Waals surface area (Å²) in [6, 6.07) is 3.90. The molecule has 0 bridgehead atoms. The summed E-state index contributed by atoms with van der Waals surface area (Å²) in [5.41, 5.74) is 8.50. The summed E-state index contributed by atoms with van der Waals surface area (Å²) in [7, 11) is 1.97. The normalized spacial score (nSPS) is 15.8. The van der Waals surface area contributed by atoms with E-state index in [4.69, 9.17) is 15.2 Å². The number of aryl methyl sites for hydroxylation is 1. The van der Waals surface area contributed by atoms with E-state index in [1.807, 2.05) is 30.7 Å². The number of nitrogens with two attached hydrogens (primary N) is 1. The second-order valence-electron chi connectivity index (χ2n) is 4.82. The SMILES string of the molecule is Cc1c(C(O)CN)c2cc3c(cc2n1C)OCCO3. The lowest BCUT2D eigenvalue weighted by Crippen LogP contribution is -2.15. The van der Waals surface area contributed by atoms with Crippen LogP contribution in [0.15, 0.2) is 12.1 Å². The fourth-order valence-electron chi connectivity index (χ4n) is 2.67. The van der Waals surface area contributed by atoms with Crippen molar-refractivity contribution in [2.45, 2.75) is 13.0 Å². The summed E-state index contributed by atoms with van der Waals surface area (Å²) >= 11 is 0. The van der Waals surface area contributed by atoms with E-state index >= 15 is 0 Å². The molecule has 0 amide bonds. The van der Waals surface area contributed by atoms with Gasteiger partial charge in [-0.25, -0.2) is 0 Å². The highest BCUT2D eigenvalue weighted by molar-refractivity contribution is 5.89. The maximum absolute atomic E-state index is 10.1. The Kier molecular flexibility index (Phi) is 2.88. The highest BCUT2D eigenvalue weighted by Crippen LogP contribution is 2.39. The van der Waals surface area contributed by atoms with Crippen LogP contribution < -0.4 is 15.2 Å². The van der Waals surface area contributed by atoms with Crippen molar-refractivity contribution < 1.29 is 14.6 Å². The van der Waals surface area contributed by atoms with E-state index in [9.17, 15) is 5.11 Å². The van der Waals surface area contributed by atoms with Gasteiger partial charge in [-0.3, -0.25) is 0 Å². The van der Waals surface area contributed by atoms with Gasteiger partial charge in [-0.2, -0.15) is 0 Å². The molecule has 1 aliphatic heterocycles. The second-order valence-corrected chi connectivity index (χ2v) is 4.82. The summed E-state index contributed by atoms with van der Waals surface area (Å²) in [6.07, 6.45) is -0.661. The Morgan fingerprint density at radius 3 is 2.58 bits per heavy atom. The third kappa shape index (κ3) is 1.77. The number of aliphatic hydroxyl groups is 1. The van der Waals surface area contributed by atoms with E-state index in [1.165, 1.54) is 0 Å². The molecule has 1 unspecified atom stereocenters. The van der Waals surface area contributed by atoms with Crippen LogP contribution in [0, 0.1) is 6.92 Å². The maximum Gasteiger partial charge on any atom is 0.163 e. The Bertz CT molecular complexity index is 633. The molecule has 1 aromatic carbocycles. The molecule has 0 fully saturated rings. The van der Waals surface area contributed by atoms with Crippen molar-refractivity contribution in [1.82, 2.24) is 4.57 Å². The molecule has 0 aliphatic carbocycles. The molecule has 102 valence electrons. The first-order chi connectivity index (χ1) is 9.13. The van der Waals surface area contributed by atoms with E-state index in [1.54, 1.807) is 0 Å². The molecule has 2 heterocycles. The lowest BCUT2D eigenvalue weighted by atomic mass is 10.0. The summed E-state index contributed by atoms with van der Waals surface area (Å²) < 4.78 is 13.2. The van der Waals surface area contributed by atoms with Crippen molar-refractivity contribution in [2.24, 2.45) is 12.8 Å². The molecule has 5 heteroatoms. The third-order valence-electron chi connectivity index (χ3n) is 3.76. The molecule has 2 aromatic rings. The van der Waals surface area contributed by atoms with Crippen LogP contribution in [0.2, 0.25) is 0 Å². The number of aliphatic hydroxyl groups excluding tert-OH is 1. The monoisotopic (exact) mass is 262 g/mol. The summed E-state index contributed by atoms with van der Waals surface area (Å²) in [6.45, 7) is 3.31. The first kappa shape index (κ1) is 12.3. The zero-order valence-corrected chi connectivity index (χ0v) is 11.1. The van der Waals surface area contributed by atoms with Gasteiger partial charge in [0.05, 0.1) is 11.6 Å². The van der Waals surface area contributed by atoms with Crippen LogP contribution in [0.4, 0.5) is 0 Å². The maximum atomic E-state index is 10.1. The van der Waals surface area contributed by atoms with Crippen molar-refractivity contribution in [3.63, 3.8) is 0 Å². The van der Waals surface area contributed by atoms with Crippen LogP contribution in [0.5, 0.6) is 11.5 Å². The van der Waals surface area contributed by atoms with Crippen molar-refractivity contribution >= 4 is 10.9 Å². The fraction of sp³-hybridized carbons (Fsp3) is 0.429. The number of rotatable bonds is 2. The predicted molar refractivity (Wildman–Crippen MR) is 72.7 cm³/mol. The van der Waals surface area contributed by atoms with Gasteiger partial charge < -0.3 is 24.9 Å². The zero-order valence-electron chi connectivity index (χ0n) is 11.1. The van der Waals surface area contributed by atoms with Gasteiger partial charge >= 0.3 is 0 Å². The molecule has 0 saturated heterocycles.